The summed E-state index contributed by atoms with van der Waals surface area (Å²) in [5, 5.41) is 2.67. The average molecular weight is 242 g/mol. The third-order valence-corrected chi connectivity index (χ3v) is 3.29. The van der Waals surface area contributed by atoms with Crippen molar-refractivity contribution in [3.63, 3.8) is 0 Å². The maximum Gasteiger partial charge on any atom is 0.0236 e. The molecule has 0 radical (unpaired) electrons. The van der Waals surface area contributed by atoms with Crippen LogP contribution in [0.15, 0.2) is 42.5 Å². The summed E-state index contributed by atoms with van der Waals surface area (Å²) in [6, 6.07) is 15.4. The first kappa shape index (κ1) is 13.1. The highest BCUT2D eigenvalue weighted by Gasteiger charge is 2.05. The molecule has 0 aliphatic rings. The highest BCUT2D eigenvalue weighted by atomic mass is 15.1. The fourth-order valence-corrected chi connectivity index (χ4v) is 2.22. The Morgan fingerprint density at radius 3 is 2.61 bits per heavy atom. The quantitative estimate of drug-likeness (QED) is 0.873. The van der Waals surface area contributed by atoms with Gasteiger partial charge in [-0.2, -0.15) is 0 Å². The van der Waals surface area contributed by atoms with Gasteiger partial charge in [0.05, 0.1) is 0 Å². The largest absolute Gasteiger partial charge is 0.328 e. The molecule has 2 heteroatoms. The fourth-order valence-electron chi connectivity index (χ4n) is 2.22. The van der Waals surface area contributed by atoms with E-state index in [9.17, 15) is 0 Å². The lowest BCUT2D eigenvalue weighted by atomic mass is 10.0. The van der Waals surface area contributed by atoms with Crippen molar-refractivity contribution in [2.75, 3.05) is 13.6 Å². The molecule has 0 bridgehead atoms. The van der Waals surface area contributed by atoms with Crippen LogP contribution in [0.4, 0.5) is 0 Å². The van der Waals surface area contributed by atoms with Gasteiger partial charge in [-0.15, -0.1) is 0 Å². The summed E-state index contributed by atoms with van der Waals surface area (Å²) in [5.41, 5.74) is 7.19. The zero-order valence-electron chi connectivity index (χ0n) is 11.3. The number of nitrogens with zero attached hydrogens (tertiary/aromatic N) is 1. The zero-order valence-corrected chi connectivity index (χ0v) is 11.3. The van der Waals surface area contributed by atoms with E-state index in [4.69, 9.17) is 5.73 Å². The lowest BCUT2D eigenvalue weighted by Gasteiger charge is -2.19. The summed E-state index contributed by atoms with van der Waals surface area (Å²) >= 11 is 0. The van der Waals surface area contributed by atoms with E-state index in [0.29, 0.717) is 0 Å². The van der Waals surface area contributed by atoms with E-state index in [1.54, 1.807) is 0 Å². The molecule has 2 nitrogen and oxygen atoms in total. The van der Waals surface area contributed by atoms with Crippen molar-refractivity contribution >= 4 is 10.8 Å². The Morgan fingerprint density at radius 1 is 1.11 bits per heavy atom. The molecule has 0 aromatic heterocycles. The van der Waals surface area contributed by atoms with E-state index in [1.165, 1.54) is 16.3 Å². The second-order valence-electron chi connectivity index (χ2n) is 5.14. The molecule has 1 unspecified atom stereocenters. The Hall–Kier alpha value is -1.38. The van der Waals surface area contributed by atoms with Gasteiger partial charge in [-0.3, -0.25) is 0 Å². The van der Waals surface area contributed by atoms with Crippen LogP contribution in [0.3, 0.4) is 0 Å². The summed E-state index contributed by atoms with van der Waals surface area (Å²) in [6.07, 6.45) is 1.04. The molecule has 0 saturated carbocycles. The minimum Gasteiger partial charge on any atom is -0.328 e. The van der Waals surface area contributed by atoms with Crippen LogP contribution < -0.4 is 5.73 Å². The Labute approximate surface area is 109 Å². The lowest BCUT2D eigenvalue weighted by molar-refractivity contribution is 0.314. The van der Waals surface area contributed by atoms with E-state index < -0.39 is 0 Å². The molecular weight excluding hydrogens is 220 g/mol. The van der Waals surface area contributed by atoms with Gasteiger partial charge in [-0.1, -0.05) is 42.5 Å². The molecule has 1 atom stereocenters. The van der Waals surface area contributed by atoms with E-state index in [0.717, 1.165) is 19.5 Å². The van der Waals surface area contributed by atoms with E-state index >= 15 is 0 Å². The monoisotopic (exact) mass is 242 g/mol. The van der Waals surface area contributed by atoms with E-state index in [1.807, 2.05) is 0 Å². The third-order valence-electron chi connectivity index (χ3n) is 3.29. The topological polar surface area (TPSA) is 29.3 Å². The van der Waals surface area contributed by atoms with Gasteiger partial charge >= 0.3 is 0 Å². The molecular formula is C16H22N2. The predicted molar refractivity (Wildman–Crippen MR) is 78.5 cm³/mol. The van der Waals surface area contributed by atoms with Crippen molar-refractivity contribution in [3.8, 4) is 0 Å². The summed E-state index contributed by atoms with van der Waals surface area (Å²) in [7, 11) is 2.16. The number of rotatable bonds is 5. The van der Waals surface area contributed by atoms with Crippen molar-refractivity contribution in [2.24, 2.45) is 5.73 Å². The first-order valence-electron chi connectivity index (χ1n) is 6.57. The standard InChI is InChI=1S/C16H22N2/c1-13(17)10-11-18(2)12-15-8-5-7-14-6-3-4-9-16(14)15/h3-9,13H,10-12,17H2,1-2H3. The van der Waals surface area contributed by atoms with Gasteiger partial charge in [0.1, 0.15) is 0 Å². The summed E-state index contributed by atoms with van der Waals surface area (Å²) < 4.78 is 0. The van der Waals surface area contributed by atoms with Gasteiger partial charge in [-0.05, 0) is 43.3 Å². The first-order chi connectivity index (χ1) is 8.66. The van der Waals surface area contributed by atoms with Crippen LogP contribution in [0.25, 0.3) is 10.8 Å². The molecule has 0 saturated heterocycles. The van der Waals surface area contributed by atoms with Gasteiger partial charge in [0.25, 0.3) is 0 Å². The molecule has 96 valence electrons. The molecule has 2 N–H and O–H groups in total. The first-order valence-corrected chi connectivity index (χ1v) is 6.57. The minimum atomic E-state index is 0.278. The fraction of sp³-hybridized carbons (Fsp3) is 0.375. The third kappa shape index (κ3) is 3.31. The maximum absolute atomic E-state index is 5.80. The van der Waals surface area contributed by atoms with Gasteiger partial charge in [0, 0.05) is 12.6 Å². The van der Waals surface area contributed by atoms with Gasteiger partial charge in [0.15, 0.2) is 0 Å². The van der Waals surface area contributed by atoms with Crippen molar-refractivity contribution in [1.29, 1.82) is 0 Å². The Morgan fingerprint density at radius 2 is 1.83 bits per heavy atom. The summed E-state index contributed by atoms with van der Waals surface area (Å²) in [6.45, 7) is 4.08. The smallest absolute Gasteiger partial charge is 0.0236 e. The molecule has 0 amide bonds. The number of benzene rings is 2. The number of hydrogen-bond acceptors (Lipinski definition) is 2. The van der Waals surface area contributed by atoms with E-state index in [2.05, 4.69) is 61.3 Å². The molecule has 0 aliphatic heterocycles. The highest BCUT2D eigenvalue weighted by molar-refractivity contribution is 5.85. The van der Waals surface area contributed by atoms with Crippen LogP contribution >= 0.6 is 0 Å². The molecule has 0 aliphatic carbocycles. The molecule has 2 aromatic carbocycles. The lowest BCUT2D eigenvalue weighted by Crippen LogP contribution is -2.25. The molecule has 0 heterocycles. The average Bonchev–Trinajstić information content (AvgIpc) is 2.37. The zero-order chi connectivity index (χ0) is 13.0. The van der Waals surface area contributed by atoms with Crippen LogP contribution in [0.5, 0.6) is 0 Å². The molecule has 2 aromatic rings. The Bertz CT molecular complexity index is 500. The van der Waals surface area contributed by atoms with Crippen molar-refractivity contribution < 1.29 is 0 Å². The maximum atomic E-state index is 5.80. The number of hydrogen-bond donors (Lipinski definition) is 1. The van der Waals surface area contributed by atoms with Crippen LogP contribution in [0.2, 0.25) is 0 Å². The predicted octanol–water partition coefficient (Wildman–Crippen LogP) is 3.01. The molecule has 18 heavy (non-hydrogen) atoms. The normalized spacial score (nSPS) is 13.1. The summed E-state index contributed by atoms with van der Waals surface area (Å²) in [5.74, 6) is 0. The Balaban J connectivity index is 2.11. The van der Waals surface area contributed by atoms with Crippen LogP contribution in [-0.2, 0) is 6.54 Å². The minimum absolute atomic E-state index is 0.278. The van der Waals surface area contributed by atoms with E-state index in [-0.39, 0.29) is 6.04 Å². The van der Waals surface area contributed by atoms with Crippen molar-refractivity contribution in [1.82, 2.24) is 4.90 Å². The SMILES string of the molecule is CC(N)CCN(C)Cc1cccc2ccccc12. The summed E-state index contributed by atoms with van der Waals surface area (Å²) in [4.78, 5) is 2.34. The van der Waals surface area contributed by atoms with Gasteiger partial charge in [0.2, 0.25) is 0 Å². The van der Waals surface area contributed by atoms with Crippen LogP contribution in [0, 0.1) is 0 Å². The van der Waals surface area contributed by atoms with Crippen molar-refractivity contribution in [2.45, 2.75) is 25.9 Å². The number of nitrogens with two attached hydrogens (primary N) is 1. The van der Waals surface area contributed by atoms with Gasteiger partial charge in [-0.25, -0.2) is 0 Å². The molecule has 0 spiro atoms. The highest BCUT2D eigenvalue weighted by Crippen LogP contribution is 2.19. The molecule has 2 rings (SSSR count). The number of fused-ring (bicyclic) bond motifs is 1. The molecule has 0 fully saturated rings. The van der Waals surface area contributed by atoms with Crippen molar-refractivity contribution in [3.05, 3.63) is 48.0 Å². The second-order valence-corrected chi connectivity index (χ2v) is 5.14. The van der Waals surface area contributed by atoms with Gasteiger partial charge < -0.3 is 10.6 Å². The second kappa shape index (κ2) is 5.98. The van der Waals surface area contributed by atoms with Crippen LogP contribution in [-0.4, -0.2) is 24.5 Å². The Kier molecular flexibility index (Phi) is 4.34. The van der Waals surface area contributed by atoms with Crippen LogP contribution in [0.1, 0.15) is 18.9 Å².